The van der Waals surface area contributed by atoms with Gasteiger partial charge in [-0.25, -0.2) is 9.97 Å². The van der Waals surface area contributed by atoms with Crippen LogP contribution in [0.5, 0.6) is 0 Å². The van der Waals surface area contributed by atoms with Crippen LogP contribution >= 0.6 is 0 Å². The molecule has 0 bridgehead atoms. The summed E-state index contributed by atoms with van der Waals surface area (Å²) < 4.78 is 7.62. The van der Waals surface area contributed by atoms with Crippen molar-refractivity contribution in [3.05, 3.63) is 78.8 Å². The second kappa shape index (κ2) is 11.1. The zero-order valence-electron chi connectivity index (χ0n) is 25.4. The highest BCUT2D eigenvalue weighted by Gasteiger charge is 2.50. The number of hydrogen-bond acceptors (Lipinski definition) is 6. The lowest BCUT2D eigenvalue weighted by Crippen LogP contribution is -2.42. The summed E-state index contributed by atoms with van der Waals surface area (Å²) in [6.45, 7) is 14.8. The predicted molar refractivity (Wildman–Crippen MR) is 167 cm³/mol. The van der Waals surface area contributed by atoms with Crippen molar-refractivity contribution in [3.63, 3.8) is 0 Å². The van der Waals surface area contributed by atoms with Crippen molar-refractivity contribution in [1.29, 1.82) is 0 Å². The van der Waals surface area contributed by atoms with E-state index in [1.807, 2.05) is 17.0 Å². The average molecular weight is 581 g/mol. The molecule has 1 saturated heterocycles. The number of benzene rings is 2. The molecule has 224 valence electrons. The van der Waals surface area contributed by atoms with E-state index in [9.17, 15) is 9.59 Å². The topological polar surface area (TPSA) is 105 Å². The van der Waals surface area contributed by atoms with Crippen molar-refractivity contribution in [3.8, 4) is 11.3 Å². The maximum Gasteiger partial charge on any atom is 0.257 e. The molecule has 2 N–H and O–H groups in total. The number of oxazole rings is 1. The van der Waals surface area contributed by atoms with Gasteiger partial charge in [-0.15, -0.1) is 0 Å². The summed E-state index contributed by atoms with van der Waals surface area (Å²) in [5.41, 5.74) is 4.53. The van der Waals surface area contributed by atoms with E-state index in [1.165, 1.54) is 12.5 Å². The lowest BCUT2D eigenvalue weighted by atomic mass is 9.64. The minimum atomic E-state index is -0.239. The fourth-order valence-electron chi connectivity index (χ4n) is 6.34. The van der Waals surface area contributed by atoms with Gasteiger partial charge < -0.3 is 19.2 Å². The Morgan fingerprint density at radius 3 is 2.74 bits per heavy atom. The van der Waals surface area contributed by atoms with Crippen LogP contribution in [0.4, 0.5) is 5.95 Å². The Hall–Kier alpha value is -4.24. The van der Waals surface area contributed by atoms with E-state index in [0.29, 0.717) is 23.3 Å². The Kier molecular flexibility index (Phi) is 7.46. The molecule has 1 atom stereocenters. The molecule has 2 aromatic heterocycles. The molecule has 1 saturated carbocycles. The van der Waals surface area contributed by atoms with E-state index in [0.717, 1.165) is 61.1 Å². The largest absolute Gasteiger partial charge is 0.444 e. The molecule has 2 amide bonds. The number of nitrogens with zero attached hydrogens (tertiary/aromatic N) is 4. The van der Waals surface area contributed by atoms with Crippen LogP contribution in [-0.4, -0.2) is 50.4 Å². The van der Waals surface area contributed by atoms with Gasteiger partial charge in [-0.1, -0.05) is 45.5 Å². The average Bonchev–Trinajstić information content (AvgIpc) is 3.73. The Morgan fingerprint density at radius 1 is 1.21 bits per heavy atom. The van der Waals surface area contributed by atoms with Gasteiger partial charge in [0.15, 0.2) is 12.2 Å². The molecule has 6 rings (SSSR count). The van der Waals surface area contributed by atoms with Gasteiger partial charge in [0.05, 0.1) is 17.2 Å². The smallest absolute Gasteiger partial charge is 0.257 e. The third-order valence-corrected chi connectivity index (χ3v) is 9.36. The van der Waals surface area contributed by atoms with Gasteiger partial charge in [0, 0.05) is 42.8 Å². The van der Waals surface area contributed by atoms with E-state index in [2.05, 4.69) is 72.7 Å². The molecule has 2 aromatic carbocycles. The standard InChI is InChI=1S/C34H40N6O3/c1-6-30(41)39-13-12-34(20-39)16-26(17-34)40-28-11-10-23(18-36-22(2)33(3,4)5)14-27(28)37-32(40)38-31(42)25-9-7-8-24(15-25)29-19-35-21-43-29/h6-11,14-15,19,21-22,26,36H,1,12-13,16-18,20H2,2-5H3,(H,37,38,42)/t22-,26?,34?/m0/s1. The Balaban J connectivity index is 1.28. The van der Waals surface area contributed by atoms with Gasteiger partial charge in [0.25, 0.3) is 5.91 Å². The third kappa shape index (κ3) is 5.73. The van der Waals surface area contributed by atoms with Crippen LogP contribution in [0.15, 0.2) is 72.1 Å². The molecule has 9 heteroatoms. The second-order valence-corrected chi connectivity index (χ2v) is 13.3. The molecule has 2 fully saturated rings. The first-order chi connectivity index (χ1) is 20.5. The number of likely N-dealkylation sites (tertiary alicyclic amines) is 1. The van der Waals surface area contributed by atoms with Crippen LogP contribution in [0.2, 0.25) is 0 Å². The molecule has 0 radical (unpaired) electrons. The Bertz CT molecular complexity index is 1660. The zero-order valence-corrected chi connectivity index (χ0v) is 25.4. The van der Waals surface area contributed by atoms with E-state index in [4.69, 9.17) is 9.40 Å². The Labute approximate surface area is 252 Å². The van der Waals surface area contributed by atoms with Crippen LogP contribution in [0.3, 0.4) is 0 Å². The number of aromatic nitrogens is 3. The summed E-state index contributed by atoms with van der Waals surface area (Å²) in [7, 11) is 0. The monoisotopic (exact) mass is 580 g/mol. The zero-order chi connectivity index (χ0) is 30.4. The van der Waals surface area contributed by atoms with Crippen molar-refractivity contribution < 1.29 is 14.0 Å². The summed E-state index contributed by atoms with van der Waals surface area (Å²) in [6.07, 6.45) is 7.24. The highest BCUT2D eigenvalue weighted by Crippen LogP contribution is 2.55. The Morgan fingerprint density at radius 2 is 2.02 bits per heavy atom. The lowest BCUT2D eigenvalue weighted by molar-refractivity contribution is -0.125. The van der Waals surface area contributed by atoms with E-state index in [-0.39, 0.29) is 28.7 Å². The van der Waals surface area contributed by atoms with Gasteiger partial charge in [-0.3, -0.25) is 14.9 Å². The van der Waals surface area contributed by atoms with E-state index >= 15 is 0 Å². The molecule has 4 aromatic rings. The molecule has 2 aliphatic rings. The molecule has 1 aliphatic heterocycles. The van der Waals surface area contributed by atoms with Crippen molar-refractivity contribution in [2.24, 2.45) is 10.8 Å². The summed E-state index contributed by atoms with van der Waals surface area (Å²) in [6, 6.07) is 14.2. The van der Waals surface area contributed by atoms with Gasteiger partial charge in [0.1, 0.15) is 0 Å². The van der Waals surface area contributed by atoms with Crippen molar-refractivity contribution in [2.45, 2.75) is 65.6 Å². The summed E-state index contributed by atoms with van der Waals surface area (Å²) in [5.74, 6) is 0.895. The van der Waals surface area contributed by atoms with Crippen LogP contribution in [0, 0.1) is 10.8 Å². The number of carbonyl (C=O) groups is 2. The van der Waals surface area contributed by atoms with E-state index in [1.54, 1.807) is 18.3 Å². The van der Waals surface area contributed by atoms with E-state index < -0.39 is 0 Å². The number of nitrogens with one attached hydrogen (secondary N) is 2. The predicted octanol–water partition coefficient (Wildman–Crippen LogP) is 6.21. The summed E-state index contributed by atoms with van der Waals surface area (Å²) in [4.78, 5) is 36.7. The molecule has 9 nitrogen and oxygen atoms in total. The molecule has 43 heavy (non-hydrogen) atoms. The lowest BCUT2D eigenvalue weighted by Gasteiger charge is -2.46. The molecule has 1 spiro atoms. The third-order valence-electron chi connectivity index (χ3n) is 9.36. The van der Waals surface area contributed by atoms with Crippen molar-refractivity contribution in [1.82, 2.24) is 24.8 Å². The van der Waals surface area contributed by atoms with Gasteiger partial charge >= 0.3 is 0 Å². The molecular formula is C34H40N6O3. The number of carbonyl (C=O) groups excluding carboxylic acids is 2. The number of rotatable bonds is 8. The fourth-order valence-corrected chi connectivity index (χ4v) is 6.34. The van der Waals surface area contributed by atoms with Gasteiger partial charge in [0.2, 0.25) is 11.9 Å². The molecule has 1 aliphatic carbocycles. The number of hydrogen-bond donors (Lipinski definition) is 2. The van der Waals surface area contributed by atoms with Gasteiger partial charge in [-0.05, 0) is 72.9 Å². The van der Waals surface area contributed by atoms with Crippen LogP contribution in [0.1, 0.15) is 68.9 Å². The number of anilines is 1. The number of amides is 2. The SMILES string of the molecule is C=CC(=O)N1CCC2(CC(n3c(NC(=O)c4cccc(-c5cnco5)c4)nc4cc(CN[C@@H](C)C(C)(C)C)ccc43)C2)C1. The van der Waals surface area contributed by atoms with Crippen LogP contribution in [-0.2, 0) is 11.3 Å². The first-order valence-corrected chi connectivity index (χ1v) is 15.0. The molecular weight excluding hydrogens is 540 g/mol. The quantitative estimate of drug-likeness (QED) is 0.240. The normalized spacial score (nSPS) is 20.7. The maximum atomic E-state index is 13.6. The van der Waals surface area contributed by atoms with Crippen LogP contribution in [0.25, 0.3) is 22.4 Å². The fraction of sp³-hybridized carbons (Fsp3) is 0.412. The minimum Gasteiger partial charge on any atom is -0.444 e. The number of fused-ring (bicyclic) bond motifs is 1. The molecule has 0 unspecified atom stereocenters. The van der Waals surface area contributed by atoms with Crippen molar-refractivity contribution >= 4 is 28.8 Å². The van der Waals surface area contributed by atoms with Gasteiger partial charge in [-0.2, -0.15) is 0 Å². The first kappa shape index (κ1) is 28.9. The van der Waals surface area contributed by atoms with Crippen molar-refractivity contribution in [2.75, 3.05) is 18.4 Å². The highest BCUT2D eigenvalue weighted by molar-refractivity contribution is 6.04. The van der Waals surface area contributed by atoms with Crippen LogP contribution < -0.4 is 10.6 Å². The first-order valence-electron chi connectivity index (χ1n) is 15.0. The number of imidazole rings is 1. The summed E-state index contributed by atoms with van der Waals surface area (Å²) in [5, 5.41) is 6.75. The highest BCUT2D eigenvalue weighted by atomic mass is 16.3. The minimum absolute atomic E-state index is 0.00386. The summed E-state index contributed by atoms with van der Waals surface area (Å²) >= 11 is 0. The maximum absolute atomic E-state index is 13.6. The second-order valence-electron chi connectivity index (χ2n) is 13.3. The molecule has 3 heterocycles.